The number of rotatable bonds is 5. The quantitative estimate of drug-likeness (QED) is 0.815. The zero-order valence-corrected chi connectivity index (χ0v) is 17.0. The van der Waals surface area contributed by atoms with Crippen LogP contribution in [0.3, 0.4) is 0 Å². The van der Waals surface area contributed by atoms with Crippen LogP contribution >= 0.6 is 0 Å². The first-order valence-electron chi connectivity index (χ1n) is 9.43. The molecule has 0 aromatic heterocycles. The number of nitrogens with zero attached hydrogens (tertiary/aromatic N) is 1. The Morgan fingerprint density at radius 3 is 2.48 bits per heavy atom. The molecule has 1 atom stereocenters. The van der Waals surface area contributed by atoms with E-state index in [9.17, 15) is 14.4 Å². The Hall–Kier alpha value is -3.35. The summed E-state index contributed by atoms with van der Waals surface area (Å²) in [5.74, 6) is -0.497. The first-order chi connectivity index (χ1) is 13.7. The first kappa shape index (κ1) is 20.4. The fourth-order valence-corrected chi connectivity index (χ4v) is 3.40. The maximum Gasteiger partial charge on any atom is 0.266 e. The predicted molar refractivity (Wildman–Crippen MR) is 111 cm³/mol. The third kappa shape index (κ3) is 4.74. The lowest BCUT2D eigenvalue weighted by molar-refractivity contribution is -0.137. The number of anilines is 2. The third-order valence-electron chi connectivity index (χ3n) is 4.81. The molecule has 2 N–H and O–H groups in total. The topological polar surface area (TPSA) is 87.7 Å². The molecule has 0 radical (unpaired) electrons. The molecule has 0 unspecified atom stereocenters. The second kappa shape index (κ2) is 8.34. The first-order valence-corrected chi connectivity index (χ1v) is 9.43. The fraction of sp³-hybridized carbons (Fsp3) is 0.318. The van der Waals surface area contributed by atoms with Gasteiger partial charge in [0.15, 0.2) is 6.10 Å². The van der Waals surface area contributed by atoms with E-state index in [4.69, 9.17) is 4.74 Å². The molecule has 3 rings (SSSR count). The van der Waals surface area contributed by atoms with Gasteiger partial charge in [0.2, 0.25) is 11.8 Å². The molecule has 0 spiro atoms. The summed E-state index contributed by atoms with van der Waals surface area (Å²) in [7, 11) is 1.53. The second-order valence-corrected chi connectivity index (χ2v) is 7.37. The molecule has 1 heterocycles. The number of fused-ring (bicyclic) bond motifs is 1. The van der Waals surface area contributed by atoms with Crippen LogP contribution in [-0.4, -0.2) is 42.3 Å². The van der Waals surface area contributed by atoms with Gasteiger partial charge in [0.25, 0.3) is 5.91 Å². The molecule has 3 amide bonds. The van der Waals surface area contributed by atoms with Gasteiger partial charge in [-0.2, -0.15) is 0 Å². The number of carbonyl (C=O) groups excluding carboxylic acids is 3. The average Bonchev–Trinajstić information content (AvgIpc) is 2.65. The minimum atomic E-state index is -0.926. The third-order valence-corrected chi connectivity index (χ3v) is 4.81. The number of hydrogen-bond donors (Lipinski definition) is 2. The SMILES string of the molecule is Cc1cc(C)c(NC(=O)CN(C)C(=O)C[C@@H]2Oc3ccccc3NC2=O)c(C)c1. The fourth-order valence-electron chi connectivity index (χ4n) is 3.40. The normalized spacial score (nSPS) is 15.0. The van der Waals surface area contributed by atoms with Crippen LogP contribution in [0, 0.1) is 20.8 Å². The highest BCUT2D eigenvalue weighted by molar-refractivity contribution is 6.00. The van der Waals surface area contributed by atoms with Gasteiger partial charge in [-0.3, -0.25) is 14.4 Å². The van der Waals surface area contributed by atoms with E-state index in [0.29, 0.717) is 11.4 Å². The Labute approximate surface area is 170 Å². The Morgan fingerprint density at radius 2 is 1.79 bits per heavy atom. The second-order valence-electron chi connectivity index (χ2n) is 7.37. The number of benzene rings is 2. The van der Waals surface area contributed by atoms with E-state index in [2.05, 4.69) is 10.6 Å². The zero-order chi connectivity index (χ0) is 21.1. The summed E-state index contributed by atoms with van der Waals surface area (Å²) in [6.45, 7) is 5.75. The summed E-state index contributed by atoms with van der Waals surface area (Å²) in [5.41, 5.74) is 4.40. The lowest BCUT2D eigenvalue weighted by atomic mass is 10.1. The van der Waals surface area contributed by atoms with Crippen molar-refractivity contribution in [2.75, 3.05) is 24.2 Å². The van der Waals surface area contributed by atoms with Crippen molar-refractivity contribution >= 4 is 29.1 Å². The standard InChI is InChI=1S/C22H25N3O4/c1-13-9-14(2)21(15(3)10-13)24-19(26)12-25(4)20(27)11-18-22(28)23-16-7-5-6-8-17(16)29-18/h5-10,18H,11-12H2,1-4H3,(H,23,28)(H,24,26)/t18-/m0/s1. The van der Waals surface area contributed by atoms with Crippen molar-refractivity contribution in [3.8, 4) is 5.75 Å². The molecule has 2 aromatic rings. The van der Waals surface area contributed by atoms with Crippen LogP contribution in [-0.2, 0) is 14.4 Å². The molecule has 7 heteroatoms. The Balaban J connectivity index is 1.58. The highest BCUT2D eigenvalue weighted by atomic mass is 16.5. The molecule has 1 aliphatic rings. The number of carbonyl (C=O) groups is 3. The van der Waals surface area contributed by atoms with E-state index in [1.54, 1.807) is 24.3 Å². The van der Waals surface area contributed by atoms with Gasteiger partial charge in [-0.15, -0.1) is 0 Å². The molecule has 7 nitrogen and oxygen atoms in total. The number of ether oxygens (including phenoxy) is 1. The number of hydrogen-bond acceptors (Lipinski definition) is 4. The van der Waals surface area contributed by atoms with Gasteiger partial charge in [-0.05, 0) is 44.0 Å². The molecular weight excluding hydrogens is 370 g/mol. The predicted octanol–water partition coefficient (Wildman–Crippen LogP) is 2.80. The highest BCUT2D eigenvalue weighted by Gasteiger charge is 2.30. The van der Waals surface area contributed by atoms with E-state index < -0.39 is 6.10 Å². The van der Waals surface area contributed by atoms with Crippen molar-refractivity contribution in [2.45, 2.75) is 33.3 Å². The van der Waals surface area contributed by atoms with Crippen molar-refractivity contribution in [1.82, 2.24) is 4.90 Å². The summed E-state index contributed by atoms with van der Waals surface area (Å²) in [6.07, 6.45) is -1.07. The van der Waals surface area contributed by atoms with E-state index in [1.165, 1.54) is 11.9 Å². The van der Waals surface area contributed by atoms with Crippen molar-refractivity contribution in [1.29, 1.82) is 0 Å². The summed E-state index contributed by atoms with van der Waals surface area (Å²) < 4.78 is 5.65. The van der Waals surface area contributed by atoms with Crippen LogP contribution in [0.25, 0.3) is 0 Å². The number of para-hydroxylation sites is 2. The number of amides is 3. The highest BCUT2D eigenvalue weighted by Crippen LogP contribution is 2.29. The van der Waals surface area contributed by atoms with Crippen molar-refractivity contribution in [3.63, 3.8) is 0 Å². The van der Waals surface area contributed by atoms with Crippen LogP contribution in [0.15, 0.2) is 36.4 Å². The van der Waals surface area contributed by atoms with Gasteiger partial charge in [0, 0.05) is 12.7 Å². The molecule has 0 saturated heterocycles. The summed E-state index contributed by atoms with van der Waals surface area (Å²) in [6, 6.07) is 11.0. The Kier molecular flexibility index (Phi) is 5.87. The summed E-state index contributed by atoms with van der Waals surface area (Å²) in [4.78, 5) is 38.4. The maximum absolute atomic E-state index is 12.5. The van der Waals surface area contributed by atoms with Crippen LogP contribution in [0.4, 0.5) is 11.4 Å². The maximum atomic E-state index is 12.5. The van der Waals surface area contributed by atoms with Crippen molar-refractivity contribution in [3.05, 3.63) is 53.1 Å². The average molecular weight is 395 g/mol. The molecule has 1 aliphatic heterocycles. The smallest absolute Gasteiger partial charge is 0.266 e. The van der Waals surface area contributed by atoms with Gasteiger partial charge >= 0.3 is 0 Å². The Bertz CT molecular complexity index is 947. The monoisotopic (exact) mass is 395 g/mol. The minimum Gasteiger partial charge on any atom is -0.478 e. The lowest BCUT2D eigenvalue weighted by Gasteiger charge is -2.26. The van der Waals surface area contributed by atoms with Crippen LogP contribution in [0.1, 0.15) is 23.1 Å². The van der Waals surface area contributed by atoms with Gasteiger partial charge < -0.3 is 20.3 Å². The molecule has 0 fully saturated rings. The summed E-state index contributed by atoms with van der Waals surface area (Å²) >= 11 is 0. The number of aryl methyl sites for hydroxylation is 3. The van der Waals surface area contributed by atoms with E-state index >= 15 is 0 Å². The van der Waals surface area contributed by atoms with Crippen LogP contribution in [0.2, 0.25) is 0 Å². The van der Waals surface area contributed by atoms with Crippen molar-refractivity contribution < 1.29 is 19.1 Å². The lowest BCUT2D eigenvalue weighted by Crippen LogP contribution is -2.43. The number of nitrogens with one attached hydrogen (secondary N) is 2. The number of likely N-dealkylation sites (N-methyl/N-ethyl adjacent to an activating group) is 1. The van der Waals surface area contributed by atoms with Crippen LogP contribution in [0.5, 0.6) is 5.75 Å². The van der Waals surface area contributed by atoms with E-state index in [-0.39, 0.29) is 30.7 Å². The van der Waals surface area contributed by atoms with Crippen LogP contribution < -0.4 is 15.4 Å². The molecule has 2 aromatic carbocycles. The molecular formula is C22H25N3O4. The molecule has 0 saturated carbocycles. The molecule has 29 heavy (non-hydrogen) atoms. The van der Waals surface area contributed by atoms with Crippen molar-refractivity contribution in [2.24, 2.45) is 0 Å². The largest absolute Gasteiger partial charge is 0.478 e. The Morgan fingerprint density at radius 1 is 1.14 bits per heavy atom. The van der Waals surface area contributed by atoms with Gasteiger partial charge in [-0.25, -0.2) is 0 Å². The van der Waals surface area contributed by atoms with Gasteiger partial charge in [-0.1, -0.05) is 29.8 Å². The minimum absolute atomic E-state index is 0.115. The molecule has 0 bridgehead atoms. The van der Waals surface area contributed by atoms with Gasteiger partial charge in [0.1, 0.15) is 5.75 Å². The molecule has 0 aliphatic carbocycles. The van der Waals surface area contributed by atoms with Gasteiger partial charge in [0.05, 0.1) is 18.7 Å². The van der Waals surface area contributed by atoms with E-state index in [1.807, 2.05) is 32.9 Å². The summed E-state index contributed by atoms with van der Waals surface area (Å²) in [5, 5.41) is 5.60. The van der Waals surface area contributed by atoms with E-state index in [0.717, 1.165) is 22.4 Å². The molecule has 152 valence electrons. The zero-order valence-electron chi connectivity index (χ0n) is 17.0.